The van der Waals surface area contributed by atoms with Crippen LogP contribution < -0.4 is 10.9 Å². The fourth-order valence-electron chi connectivity index (χ4n) is 1.57. The number of pyridine rings is 2. The van der Waals surface area contributed by atoms with Gasteiger partial charge in [0.25, 0.3) is 0 Å². The number of aromatic nitrogens is 2. The number of fused-ring (bicyclic) bond motifs is 1. The second kappa shape index (κ2) is 6.29. The van der Waals surface area contributed by atoms with Crippen molar-refractivity contribution in [2.24, 2.45) is 5.14 Å². The predicted molar refractivity (Wildman–Crippen MR) is 81.8 cm³/mol. The first kappa shape index (κ1) is 14.9. The Kier molecular flexibility index (Phi) is 4.46. The topological polar surface area (TPSA) is 112 Å². The molecule has 21 heavy (non-hydrogen) atoms. The van der Waals surface area contributed by atoms with E-state index >= 15 is 0 Å². The van der Waals surface area contributed by atoms with Gasteiger partial charge in [0.05, 0.1) is 4.90 Å². The van der Waals surface area contributed by atoms with Crippen LogP contribution in [0.4, 0.5) is 5.69 Å². The third-order valence-corrected chi connectivity index (χ3v) is 3.51. The molecule has 0 bridgehead atoms. The van der Waals surface area contributed by atoms with E-state index in [1.165, 1.54) is 24.3 Å². The fraction of sp³-hybridized carbons (Fsp3) is 0. The van der Waals surface area contributed by atoms with Crippen molar-refractivity contribution in [1.82, 2.24) is 9.97 Å². The average Bonchev–Trinajstić information content (AvgIpc) is 2.47. The third kappa shape index (κ3) is 4.23. The number of sulfonamides is 1. The zero-order valence-corrected chi connectivity index (χ0v) is 11.9. The van der Waals surface area contributed by atoms with E-state index in [1.807, 2.05) is 24.3 Å². The van der Waals surface area contributed by atoms with E-state index < -0.39 is 10.0 Å². The summed E-state index contributed by atoms with van der Waals surface area (Å²) in [5, 5.41) is 5.93. The Bertz CT molecular complexity index is 767. The van der Waals surface area contributed by atoms with Crippen molar-refractivity contribution in [3.05, 3.63) is 60.9 Å². The zero-order valence-electron chi connectivity index (χ0n) is 11.0. The van der Waals surface area contributed by atoms with Crippen molar-refractivity contribution in [2.45, 2.75) is 4.90 Å². The molecule has 108 valence electrons. The first-order valence-electron chi connectivity index (χ1n) is 6.01. The maximum atomic E-state index is 10.7. The van der Waals surface area contributed by atoms with Crippen molar-refractivity contribution < 1.29 is 8.42 Å². The molecule has 0 atom stereocenters. The highest BCUT2D eigenvalue weighted by Crippen LogP contribution is 2.08. The van der Waals surface area contributed by atoms with Crippen molar-refractivity contribution in [1.29, 1.82) is 0 Å². The summed E-state index contributed by atoms with van der Waals surface area (Å²) in [4.78, 5) is 8.22. The van der Waals surface area contributed by atoms with Gasteiger partial charge in [0.15, 0.2) is 5.65 Å². The van der Waals surface area contributed by atoms with Gasteiger partial charge in [-0.1, -0.05) is 0 Å². The lowest BCUT2D eigenvalue weighted by atomic mass is 10.3. The molecule has 0 aliphatic carbocycles. The van der Waals surface area contributed by atoms with Gasteiger partial charge in [-0.3, -0.25) is 0 Å². The Morgan fingerprint density at radius 3 is 1.81 bits per heavy atom. The van der Waals surface area contributed by atoms with Crippen molar-refractivity contribution in [3.8, 4) is 0 Å². The molecule has 0 unspecified atom stereocenters. The van der Waals surface area contributed by atoms with E-state index in [1.54, 1.807) is 12.4 Å². The highest BCUT2D eigenvalue weighted by Gasteiger charge is 2.04. The van der Waals surface area contributed by atoms with Gasteiger partial charge in [0.1, 0.15) is 0 Å². The second-order valence-corrected chi connectivity index (χ2v) is 5.73. The molecule has 2 aromatic heterocycles. The molecule has 4 N–H and O–H groups in total. The summed E-state index contributed by atoms with van der Waals surface area (Å²) in [6.07, 6.45) is 3.49. The summed E-state index contributed by atoms with van der Waals surface area (Å²) >= 11 is 0. The van der Waals surface area contributed by atoms with Crippen LogP contribution in [0.1, 0.15) is 0 Å². The molecule has 0 saturated carbocycles. The van der Waals surface area contributed by atoms with Crippen LogP contribution in [0.5, 0.6) is 0 Å². The van der Waals surface area contributed by atoms with Gasteiger partial charge >= 0.3 is 0 Å². The van der Waals surface area contributed by atoms with Gasteiger partial charge in [-0.25, -0.2) is 23.5 Å². The van der Waals surface area contributed by atoms with Crippen LogP contribution in [0.15, 0.2) is 65.8 Å². The van der Waals surface area contributed by atoms with Gasteiger partial charge in [-0.2, -0.15) is 0 Å². The Balaban J connectivity index is 0.000000154. The van der Waals surface area contributed by atoms with E-state index in [0.29, 0.717) is 5.69 Å². The van der Waals surface area contributed by atoms with E-state index in [4.69, 9.17) is 10.9 Å². The molecule has 6 nitrogen and oxygen atoms in total. The van der Waals surface area contributed by atoms with E-state index in [-0.39, 0.29) is 4.90 Å². The van der Waals surface area contributed by atoms with Crippen LogP contribution in [0.2, 0.25) is 0 Å². The molecule has 0 amide bonds. The molecule has 0 radical (unpaired) electrons. The summed E-state index contributed by atoms with van der Waals surface area (Å²) in [5.74, 6) is 0. The summed E-state index contributed by atoms with van der Waals surface area (Å²) in [7, 11) is -3.58. The third-order valence-electron chi connectivity index (χ3n) is 2.58. The Hall–Kier alpha value is -2.51. The Labute approximate surface area is 122 Å². The monoisotopic (exact) mass is 302 g/mol. The van der Waals surface area contributed by atoms with Gasteiger partial charge in [0, 0.05) is 23.5 Å². The second-order valence-electron chi connectivity index (χ2n) is 4.17. The van der Waals surface area contributed by atoms with Gasteiger partial charge in [-0.15, -0.1) is 0 Å². The molecular formula is C14H14N4O2S. The molecular weight excluding hydrogens is 288 g/mol. The van der Waals surface area contributed by atoms with Gasteiger partial charge in [-0.05, 0) is 48.5 Å². The van der Waals surface area contributed by atoms with Crippen LogP contribution in [0.25, 0.3) is 11.0 Å². The lowest BCUT2D eigenvalue weighted by Gasteiger charge is -1.96. The number of nitrogen functional groups attached to an aromatic ring is 1. The number of rotatable bonds is 1. The van der Waals surface area contributed by atoms with Crippen molar-refractivity contribution >= 4 is 26.7 Å². The lowest BCUT2D eigenvalue weighted by molar-refractivity contribution is 0.598. The summed E-state index contributed by atoms with van der Waals surface area (Å²) < 4.78 is 21.4. The maximum absolute atomic E-state index is 10.7. The largest absolute Gasteiger partial charge is 0.399 e. The van der Waals surface area contributed by atoms with Gasteiger partial charge in [0.2, 0.25) is 10.0 Å². The molecule has 0 fully saturated rings. The normalized spacial score (nSPS) is 10.7. The minimum absolute atomic E-state index is 0.0756. The summed E-state index contributed by atoms with van der Waals surface area (Å²) in [6.45, 7) is 0. The van der Waals surface area contributed by atoms with Gasteiger partial charge < -0.3 is 5.73 Å². The highest BCUT2D eigenvalue weighted by atomic mass is 32.2. The van der Waals surface area contributed by atoms with E-state index in [9.17, 15) is 8.42 Å². The Morgan fingerprint density at radius 1 is 0.857 bits per heavy atom. The van der Waals surface area contributed by atoms with E-state index in [0.717, 1.165) is 11.0 Å². The molecule has 3 rings (SSSR count). The number of primary sulfonamides is 1. The molecule has 0 spiro atoms. The number of nitrogens with zero attached hydrogens (tertiary/aromatic N) is 2. The van der Waals surface area contributed by atoms with Crippen molar-refractivity contribution in [3.63, 3.8) is 0 Å². The van der Waals surface area contributed by atoms with Crippen LogP contribution in [-0.2, 0) is 10.0 Å². The molecule has 3 aromatic rings. The van der Waals surface area contributed by atoms with Crippen LogP contribution in [0.3, 0.4) is 0 Å². The number of nitrogens with two attached hydrogens (primary N) is 2. The van der Waals surface area contributed by atoms with E-state index in [2.05, 4.69) is 9.97 Å². The first-order chi connectivity index (χ1) is 9.97. The first-order valence-corrected chi connectivity index (χ1v) is 7.55. The average molecular weight is 302 g/mol. The number of hydrogen-bond donors (Lipinski definition) is 2. The SMILES string of the molecule is Nc1ccc(S(N)(=O)=O)cc1.c1cnc2ncccc2c1. The fourth-order valence-corrected chi connectivity index (χ4v) is 2.08. The highest BCUT2D eigenvalue weighted by molar-refractivity contribution is 7.89. The lowest BCUT2D eigenvalue weighted by Crippen LogP contribution is -2.11. The smallest absolute Gasteiger partial charge is 0.238 e. The number of benzene rings is 1. The molecule has 7 heteroatoms. The standard InChI is InChI=1S/C8H6N2.C6H8N2O2S/c1-3-7-4-2-6-10-8(7)9-5-1;7-5-1-3-6(4-2-5)11(8,9)10/h1-6H;1-4H,7H2,(H2,8,9,10). The Morgan fingerprint density at radius 2 is 1.38 bits per heavy atom. The van der Waals surface area contributed by atoms with Crippen LogP contribution in [0, 0.1) is 0 Å². The maximum Gasteiger partial charge on any atom is 0.238 e. The zero-order chi connectivity index (χ0) is 15.3. The number of anilines is 1. The molecule has 0 aliphatic rings. The van der Waals surface area contributed by atoms with Crippen LogP contribution in [-0.4, -0.2) is 18.4 Å². The summed E-state index contributed by atoms with van der Waals surface area (Å²) in [5.41, 5.74) is 6.66. The summed E-state index contributed by atoms with van der Waals surface area (Å²) in [6, 6.07) is 13.5. The molecule has 0 saturated heterocycles. The predicted octanol–water partition coefficient (Wildman–Crippen LogP) is 1.55. The molecule has 1 aromatic carbocycles. The quantitative estimate of drug-likeness (QED) is 0.662. The minimum atomic E-state index is -3.58. The molecule has 2 heterocycles. The number of hydrogen-bond acceptors (Lipinski definition) is 5. The minimum Gasteiger partial charge on any atom is -0.399 e. The van der Waals surface area contributed by atoms with Crippen molar-refractivity contribution in [2.75, 3.05) is 5.73 Å². The molecule has 0 aliphatic heterocycles. The van der Waals surface area contributed by atoms with Crippen LogP contribution >= 0.6 is 0 Å².